The predicted octanol–water partition coefficient (Wildman–Crippen LogP) is 4.40. The fourth-order valence-electron chi connectivity index (χ4n) is 3.30. The van der Waals surface area contributed by atoms with Crippen LogP contribution in [0.1, 0.15) is 34.1 Å². The number of carbonyl (C=O) groups is 1. The molecule has 0 saturated heterocycles. The number of carbonyl (C=O) groups excluding carboxylic acids is 1. The lowest BCUT2D eigenvalue weighted by Crippen LogP contribution is -2.66. The van der Waals surface area contributed by atoms with Gasteiger partial charge in [0.05, 0.1) is 0 Å². The van der Waals surface area contributed by atoms with Crippen molar-refractivity contribution in [2.75, 3.05) is 6.61 Å². The molecule has 0 saturated carbocycles. The zero-order valence-electron chi connectivity index (χ0n) is 16.0. The summed E-state index contributed by atoms with van der Waals surface area (Å²) in [6.07, 6.45) is 1.69. The van der Waals surface area contributed by atoms with Crippen molar-refractivity contribution in [2.45, 2.75) is 39.2 Å². The maximum Gasteiger partial charge on any atom is 0.261 e. The van der Waals surface area contributed by atoms with Crippen molar-refractivity contribution in [3.8, 4) is 0 Å². The van der Waals surface area contributed by atoms with Crippen LogP contribution in [-0.2, 0) is 9.22 Å². The van der Waals surface area contributed by atoms with Crippen molar-refractivity contribution >= 4 is 24.5 Å². The molecule has 2 rings (SSSR count). The highest BCUT2D eigenvalue weighted by Crippen LogP contribution is 2.36. The lowest BCUT2D eigenvalue weighted by molar-refractivity contribution is -0.114. The minimum Gasteiger partial charge on any atom is -0.407 e. The van der Waals surface area contributed by atoms with E-state index in [1.54, 1.807) is 0 Å². The molecule has 0 aliphatic heterocycles. The van der Waals surface area contributed by atoms with Gasteiger partial charge in [0.15, 0.2) is 11.6 Å². The topological polar surface area (TPSA) is 26.3 Å². The second kappa shape index (κ2) is 8.56. The maximum atomic E-state index is 13.5. The zero-order chi connectivity index (χ0) is 19.2. The van der Waals surface area contributed by atoms with Gasteiger partial charge in [-0.25, -0.2) is 4.39 Å². The molecule has 0 bridgehead atoms. The number of hydrogen-bond donors (Lipinski definition) is 0. The number of ketones is 1. The molecule has 2 aromatic rings. The molecule has 0 radical (unpaired) electrons. The Morgan fingerprint density at radius 1 is 1.00 bits per heavy atom. The van der Waals surface area contributed by atoms with E-state index in [9.17, 15) is 9.18 Å². The fourth-order valence-corrected chi connectivity index (χ4v) is 7.88. The van der Waals surface area contributed by atoms with Crippen LogP contribution in [0.4, 0.5) is 4.39 Å². The lowest BCUT2D eigenvalue weighted by Gasteiger charge is -2.43. The molecule has 0 aliphatic carbocycles. The Hall–Kier alpha value is -2.04. The summed E-state index contributed by atoms with van der Waals surface area (Å²) >= 11 is 0. The van der Waals surface area contributed by atoms with Crippen molar-refractivity contribution in [1.82, 2.24) is 0 Å². The number of Topliss-reactive ketones (excluding diaryl/α,β-unsaturated/α-hetero) is 1. The molecule has 0 N–H and O–H groups in total. The van der Waals surface area contributed by atoms with Gasteiger partial charge in [-0.3, -0.25) is 4.79 Å². The molecule has 0 atom stereocenters. The second-order valence-corrected chi connectivity index (χ2v) is 11.7. The molecule has 4 heteroatoms. The van der Waals surface area contributed by atoms with E-state index in [0.29, 0.717) is 13.0 Å². The van der Waals surface area contributed by atoms with Gasteiger partial charge in [0, 0.05) is 13.5 Å². The third-order valence-electron chi connectivity index (χ3n) is 4.51. The molecule has 138 valence electrons. The number of hydrogen-bond acceptors (Lipinski definition) is 2. The molecular weight excluding hydrogens is 343 g/mol. The SMILES string of the molecule is CC(=O)/C(F)=C/CCO[Si](c1ccccc1)(c1ccccc1)C(C)(C)C. The second-order valence-electron chi connectivity index (χ2n) is 7.41. The Labute approximate surface area is 156 Å². The third kappa shape index (κ3) is 4.37. The number of benzene rings is 2. The smallest absolute Gasteiger partial charge is 0.261 e. The van der Waals surface area contributed by atoms with Gasteiger partial charge < -0.3 is 4.43 Å². The van der Waals surface area contributed by atoms with E-state index in [4.69, 9.17) is 4.43 Å². The van der Waals surface area contributed by atoms with Gasteiger partial charge in [0.1, 0.15) is 0 Å². The first-order chi connectivity index (χ1) is 12.3. The number of halogens is 1. The summed E-state index contributed by atoms with van der Waals surface area (Å²) < 4.78 is 20.1. The van der Waals surface area contributed by atoms with E-state index < -0.39 is 19.9 Å². The third-order valence-corrected chi connectivity index (χ3v) is 9.56. The predicted molar refractivity (Wildman–Crippen MR) is 108 cm³/mol. The van der Waals surface area contributed by atoms with E-state index in [2.05, 4.69) is 45.0 Å². The molecule has 2 nitrogen and oxygen atoms in total. The summed E-state index contributed by atoms with van der Waals surface area (Å²) in [6.45, 7) is 8.20. The lowest BCUT2D eigenvalue weighted by atomic mass is 10.2. The molecule has 0 amide bonds. The van der Waals surface area contributed by atoms with E-state index in [-0.39, 0.29) is 5.04 Å². The van der Waals surface area contributed by atoms with E-state index in [1.807, 2.05) is 36.4 Å². The van der Waals surface area contributed by atoms with Gasteiger partial charge in [0.2, 0.25) is 0 Å². The molecule has 0 aromatic heterocycles. The highest BCUT2D eigenvalue weighted by molar-refractivity contribution is 6.99. The summed E-state index contributed by atoms with van der Waals surface area (Å²) in [5.74, 6) is -1.24. The minimum absolute atomic E-state index is 0.113. The van der Waals surface area contributed by atoms with Crippen LogP contribution in [0.2, 0.25) is 5.04 Å². The molecule has 0 heterocycles. The van der Waals surface area contributed by atoms with Gasteiger partial charge in [-0.2, -0.15) is 0 Å². The van der Waals surface area contributed by atoms with Crippen molar-refractivity contribution in [3.05, 3.63) is 72.6 Å². The summed E-state index contributed by atoms with van der Waals surface area (Å²) in [4.78, 5) is 11.1. The highest BCUT2D eigenvalue weighted by Gasteiger charge is 2.49. The van der Waals surface area contributed by atoms with E-state index >= 15 is 0 Å². The van der Waals surface area contributed by atoms with Crippen LogP contribution < -0.4 is 10.4 Å². The molecule has 0 unspecified atom stereocenters. The van der Waals surface area contributed by atoms with Crippen LogP contribution >= 0.6 is 0 Å². The monoisotopic (exact) mass is 370 g/mol. The molecule has 0 fully saturated rings. The van der Waals surface area contributed by atoms with Gasteiger partial charge in [0.25, 0.3) is 8.32 Å². The van der Waals surface area contributed by atoms with Gasteiger partial charge in [-0.1, -0.05) is 81.4 Å². The average Bonchev–Trinajstić information content (AvgIpc) is 2.62. The van der Waals surface area contributed by atoms with Crippen molar-refractivity contribution in [1.29, 1.82) is 0 Å². The van der Waals surface area contributed by atoms with Crippen molar-refractivity contribution in [2.24, 2.45) is 0 Å². The quantitative estimate of drug-likeness (QED) is 0.410. The number of rotatable bonds is 7. The standard InChI is InChI=1S/C22H27FO2Si/c1-18(24)21(23)16-11-17-25-26(22(2,3)4,19-12-7-5-8-13-19)20-14-9-6-10-15-20/h5-10,12-16H,11,17H2,1-4H3/b21-16-. The summed E-state index contributed by atoms with van der Waals surface area (Å²) in [7, 11) is -2.59. The zero-order valence-corrected chi connectivity index (χ0v) is 17.0. The Morgan fingerprint density at radius 3 is 1.85 bits per heavy atom. The largest absolute Gasteiger partial charge is 0.407 e. The first-order valence-electron chi connectivity index (χ1n) is 8.90. The normalized spacial score (nSPS) is 12.9. The van der Waals surface area contributed by atoms with E-state index in [1.165, 1.54) is 23.4 Å². The van der Waals surface area contributed by atoms with Crippen molar-refractivity contribution in [3.63, 3.8) is 0 Å². The summed E-state index contributed by atoms with van der Waals surface area (Å²) in [5.41, 5.74) is 0. The highest BCUT2D eigenvalue weighted by atomic mass is 28.4. The summed E-state index contributed by atoms with van der Waals surface area (Å²) in [6, 6.07) is 20.6. The van der Waals surface area contributed by atoms with Crippen LogP contribution in [0, 0.1) is 0 Å². The molecule has 0 aliphatic rings. The Bertz CT molecular complexity index is 709. The average molecular weight is 371 g/mol. The minimum atomic E-state index is -2.59. The van der Waals surface area contributed by atoms with Gasteiger partial charge >= 0.3 is 0 Å². The Kier molecular flexibility index (Phi) is 6.67. The van der Waals surface area contributed by atoms with Crippen LogP contribution in [0.15, 0.2) is 72.6 Å². The summed E-state index contributed by atoms with van der Waals surface area (Å²) in [5, 5.41) is 2.27. The molecular formula is C22H27FO2Si. The van der Waals surface area contributed by atoms with Crippen LogP contribution in [0.25, 0.3) is 0 Å². The molecule has 0 spiro atoms. The first kappa shape index (κ1) is 20.3. The van der Waals surface area contributed by atoms with Crippen LogP contribution in [0.5, 0.6) is 0 Å². The van der Waals surface area contributed by atoms with Gasteiger partial charge in [-0.05, 0) is 27.9 Å². The van der Waals surface area contributed by atoms with E-state index in [0.717, 1.165) is 0 Å². The van der Waals surface area contributed by atoms with Gasteiger partial charge in [-0.15, -0.1) is 0 Å². The number of allylic oxidation sites excluding steroid dienone is 1. The van der Waals surface area contributed by atoms with Crippen LogP contribution in [-0.4, -0.2) is 20.7 Å². The maximum absolute atomic E-state index is 13.5. The molecule has 26 heavy (non-hydrogen) atoms. The fraction of sp³-hybridized carbons (Fsp3) is 0.318. The Morgan fingerprint density at radius 2 is 1.46 bits per heavy atom. The molecule has 2 aromatic carbocycles. The first-order valence-corrected chi connectivity index (χ1v) is 10.8. The van der Waals surface area contributed by atoms with Crippen molar-refractivity contribution < 1.29 is 13.6 Å². The Balaban J connectivity index is 2.44. The van der Waals surface area contributed by atoms with Crippen LogP contribution in [0.3, 0.4) is 0 Å².